The molecule has 2 saturated heterocycles. The van der Waals surface area contributed by atoms with E-state index in [1.54, 1.807) is 0 Å². The van der Waals surface area contributed by atoms with Gasteiger partial charge < -0.3 is 23.7 Å². The van der Waals surface area contributed by atoms with Crippen LogP contribution in [-0.4, -0.2) is 54.7 Å². The molecule has 0 spiro atoms. The van der Waals surface area contributed by atoms with Crippen molar-refractivity contribution in [2.75, 3.05) is 13.7 Å². The summed E-state index contributed by atoms with van der Waals surface area (Å²) in [5.74, 6) is -0.472. The van der Waals surface area contributed by atoms with E-state index >= 15 is 0 Å². The highest BCUT2D eigenvalue weighted by Gasteiger charge is 2.52. The fraction of sp³-hybridized carbons (Fsp3) is 0.556. The quantitative estimate of drug-likeness (QED) is 0.732. The summed E-state index contributed by atoms with van der Waals surface area (Å²) in [5.41, 5.74) is 0.871. The molecule has 0 amide bonds. The van der Waals surface area contributed by atoms with Gasteiger partial charge in [0.2, 0.25) is 0 Å². The maximum absolute atomic E-state index is 11.8. The molecule has 8 heteroatoms. The Hall–Kier alpha value is -1.45. The zero-order valence-corrected chi connectivity index (χ0v) is 15.6. The first-order chi connectivity index (χ1) is 12.5. The smallest absolute Gasteiger partial charge is 0.303 e. The van der Waals surface area contributed by atoms with Crippen molar-refractivity contribution in [3.05, 3.63) is 35.9 Å². The molecule has 1 aromatic carbocycles. The van der Waals surface area contributed by atoms with Crippen molar-refractivity contribution in [1.82, 2.24) is 0 Å². The molecule has 0 aromatic heterocycles. The van der Waals surface area contributed by atoms with Gasteiger partial charge in [0.1, 0.15) is 12.2 Å². The van der Waals surface area contributed by atoms with E-state index in [2.05, 4.69) is 0 Å². The van der Waals surface area contributed by atoms with Gasteiger partial charge >= 0.3 is 5.97 Å². The Balaban J connectivity index is 1.86. The van der Waals surface area contributed by atoms with Crippen LogP contribution < -0.4 is 0 Å². The summed E-state index contributed by atoms with van der Waals surface area (Å²) in [6.45, 7) is 3.06. The van der Waals surface area contributed by atoms with Crippen LogP contribution in [0.15, 0.2) is 30.3 Å². The number of esters is 1. The molecule has 0 aliphatic carbocycles. The van der Waals surface area contributed by atoms with E-state index in [0.29, 0.717) is 0 Å². The van der Waals surface area contributed by atoms with Crippen LogP contribution in [0.2, 0.25) is 0 Å². The van der Waals surface area contributed by atoms with Gasteiger partial charge in [-0.2, -0.15) is 0 Å². The van der Waals surface area contributed by atoms with Crippen LogP contribution in [0.3, 0.4) is 0 Å². The number of hydrogen-bond acceptors (Lipinski definition) is 8. The van der Waals surface area contributed by atoms with E-state index < -0.39 is 42.1 Å². The third-order valence-corrected chi connectivity index (χ3v) is 5.33. The second-order valence-corrected chi connectivity index (χ2v) is 7.46. The Morgan fingerprint density at radius 3 is 2.50 bits per heavy atom. The lowest BCUT2D eigenvalue weighted by molar-refractivity contribution is -0.331. The van der Waals surface area contributed by atoms with E-state index in [1.165, 1.54) is 21.0 Å². The Kier molecular flexibility index (Phi) is 6.31. The fourth-order valence-electron chi connectivity index (χ4n) is 3.16. The van der Waals surface area contributed by atoms with Gasteiger partial charge in [-0.3, -0.25) is 9.59 Å². The second kappa shape index (κ2) is 8.49. The highest BCUT2D eigenvalue weighted by atomic mass is 32.2. The van der Waals surface area contributed by atoms with Crippen LogP contribution in [0.25, 0.3) is 0 Å². The molecule has 26 heavy (non-hydrogen) atoms. The third kappa shape index (κ3) is 4.27. The molecule has 2 heterocycles. The van der Waals surface area contributed by atoms with E-state index in [0.717, 1.165) is 17.3 Å². The zero-order chi connectivity index (χ0) is 18.7. The van der Waals surface area contributed by atoms with Crippen molar-refractivity contribution in [2.45, 2.75) is 50.0 Å². The standard InChI is InChI=1S/C18H22O7S/c1-10(19)23-15-16(26-11(2)20)14-13(24-18(15)21-3)9-22-17(25-14)12-7-5-4-6-8-12/h4-8,13-18H,9H2,1-3H3/t13-,14-,15-,16-,17?,18-/m1/s1. The molecular formula is C18H22O7S. The Morgan fingerprint density at radius 2 is 1.88 bits per heavy atom. The highest BCUT2D eigenvalue weighted by Crippen LogP contribution is 2.40. The van der Waals surface area contributed by atoms with Crippen molar-refractivity contribution in [3.8, 4) is 0 Å². The van der Waals surface area contributed by atoms with Gasteiger partial charge in [-0.05, 0) is 0 Å². The highest BCUT2D eigenvalue weighted by molar-refractivity contribution is 8.14. The minimum Gasteiger partial charge on any atom is -0.456 e. The van der Waals surface area contributed by atoms with Crippen LogP contribution in [0, 0.1) is 0 Å². The Morgan fingerprint density at radius 1 is 1.15 bits per heavy atom. The number of benzene rings is 1. The number of hydrogen-bond donors (Lipinski definition) is 0. The summed E-state index contributed by atoms with van der Waals surface area (Å²) in [5, 5.41) is -0.566. The van der Waals surface area contributed by atoms with Crippen molar-refractivity contribution in [2.24, 2.45) is 0 Å². The third-order valence-electron chi connectivity index (χ3n) is 4.19. The first kappa shape index (κ1) is 19.3. The molecule has 0 N–H and O–H groups in total. The summed E-state index contributed by atoms with van der Waals surface area (Å²) in [6.07, 6.45) is -3.05. The van der Waals surface area contributed by atoms with E-state index in [-0.39, 0.29) is 11.7 Å². The summed E-state index contributed by atoms with van der Waals surface area (Å²) >= 11 is 1.07. The molecule has 0 radical (unpaired) electrons. The van der Waals surface area contributed by atoms with E-state index in [1.807, 2.05) is 30.3 Å². The SMILES string of the molecule is CO[C@@H]1O[C@@H]2COC(c3ccccc3)O[C@H]2[C@@H](SC(C)=O)[C@H]1OC(C)=O. The topological polar surface area (TPSA) is 80.3 Å². The van der Waals surface area contributed by atoms with Crippen molar-refractivity contribution < 1.29 is 33.3 Å². The molecule has 0 saturated carbocycles. The van der Waals surface area contributed by atoms with Crippen LogP contribution in [0.1, 0.15) is 25.7 Å². The lowest BCUT2D eigenvalue weighted by Crippen LogP contribution is -2.62. The summed E-state index contributed by atoms with van der Waals surface area (Å²) < 4.78 is 28.6. The number of rotatable bonds is 4. The maximum atomic E-state index is 11.8. The molecule has 2 aliphatic heterocycles. The van der Waals surface area contributed by atoms with E-state index in [9.17, 15) is 9.59 Å². The summed E-state index contributed by atoms with van der Waals surface area (Å²) in [4.78, 5) is 23.4. The van der Waals surface area contributed by atoms with Crippen LogP contribution in [0.4, 0.5) is 0 Å². The molecule has 7 nitrogen and oxygen atoms in total. The molecule has 2 aliphatic rings. The summed E-state index contributed by atoms with van der Waals surface area (Å²) in [6, 6.07) is 9.52. The maximum Gasteiger partial charge on any atom is 0.303 e. The molecule has 142 valence electrons. The van der Waals surface area contributed by atoms with Gasteiger partial charge in [-0.25, -0.2) is 0 Å². The van der Waals surface area contributed by atoms with Gasteiger partial charge in [0.05, 0.1) is 11.9 Å². The lowest BCUT2D eigenvalue weighted by Gasteiger charge is -2.48. The van der Waals surface area contributed by atoms with Gasteiger partial charge in [0, 0.05) is 26.5 Å². The molecule has 3 rings (SSSR count). The van der Waals surface area contributed by atoms with Gasteiger partial charge in [-0.15, -0.1) is 0 Å². The molecular weight excluding hydrogens is 360 g/mol. The fourth-order valence-corrected chi connectivity index (χ4v) is 4.23. The number of ether oxygens (including phenoxy) is 5. The minimum atomic E-state index is -0.794. The van der Waals surface area contributed by atoms with Crippen molar-refractivity contribution in [3.63, 3.8) is 0 Å². The Bertz CT molecular complexity index is 638. The van der Waals surface area contributed by atoms with E-state index in [4.69, 9.17) is 23.7 Å². The van der Waals surface area contributed by atoms with Gasteiger partial charge in [-0.1, -0.05) is 42.1 Å². The number of fused-ring (bicyclic) bond motifs is 1. The summed E-state index contributed by atoms with van der Waals surface area (Å²) in [7, 11) is 1.47. The first-order valence-corrected chi connectivity index (χ1v) is 9.22. The van der Waals surface area contributed by atoms with Crippen molar-refractivity contribution in [1.29, 1.82) is 0 Å². The van der Waals surface area contributed by atoms with Crippen LogP contribution in [0.5, 0.6) is 0 Å². The second-order valence-electron chi connectivity index (χ2n) is 6.10. The minimum absolute atomic E-state index is 0.103. The first-order valence-electron chi connectivity index (χ1n) is 8.34. The molecule has 0 bridgehead atoms. The zero-order valence-electron chi connectivity index (χ0n) is 14.8. The molecule has 6 atom stereocenters. The number of thioether (sulfide) groups is 1. The van der Waals surface area contributed by atoms with Crippen LogP contribution >= 0.6 is 11.8 Å². The number of carbonyl (C=O) groups is 2. The Labute approximate surface area is 156 Å². The molecule has 1 unspecified atom stereocenters. The van der Waals surface area contributed by atoms with Gasteiger partial charge in [0.25, 0.3) is 0 Å². The number of methoxy groups -OCH3 is 1. The molecule has 1 aromatic rings. The lowest BCUT2D eigenvalue weighted by atomic mass is 10.00. The number of carbonyl (C=O) groups excluding carboxylic acids is 2. The van der Waals surface area contributed by atoms with Crippen molar-refractivity contribution >= 4 is 22.8 Å². The normalized spacial score (nSPS) is 34.0. The monoisotopic (exact) mass is 382 g/mol. The van der Waals surface area contributed by atoms with Crippen LogP contribution in [-0.2, 0) is 33.3 Å². The average molecular weight is 382 g/mol. The predicted molar refractivity (Wildman–Crippen MR) is 93.3 cm³/mol. The molecule has 2 fully saturated rings. The largest absolute Gasteiger partial charge is 0.456 e. The van der Waals surface area contributed by atoms with Gasteiger partial charge in [0.15, 0.2) is 23.8 Å². The average Bonchev–Trinajstić information content (AvgIpc) is 2.63. The predicted octanol–water partition coefficient (Wildman–Crippen LogP) is 2.05.